The molecule has 3 nitrogen and oxygen atoms in total. The molecule has 7 heteroatoms. The van der Waals surface area contributed by atoms with E-state index in [-0.39, 0.29) is 11.4 Å². The van der Waals surface area contributed by atoms with Crippen LogP contribution in [0.15, 0.2) is 14.7 Å². The van der Waals surface area contributed by atoms with Crippen molar-refractivity contribution in [3.8, 4) is 0 Å². The Hall–Kier alpha value is 0.380. The number of aryl methyl sites for hydroxylation is 1. The lowest BCUT2D eigenvalue weighted by atomic mass is 10.3. The molecule has 1 aliphatic carbocycles. The summed E-state index contributed by atoms with van der Waals surface area (Å²) in [4.78, 5) is 1.14. The highest BCUT2D eigenvalue weighted by atomic mass is 79.9. The molecule has 1 fully saturated rings. The van der Waals surface area contributed by atoms with Crippen LogP contribution in [-0.4, -0.2) is 19.8 Å². The number of hydrogen-bond acceptors (Lipinski definition) is 3. The van der Waals surface area contributed by atoms with Gasteiger partial charge in [-0.05, 0) is 41.8 Å². The van der Waals surface area contributed by atoms with Gasteiger partial charge in [0.25, 0.3) is 0 Å². The van der Waals surface area contributed by atoms with Crippen molar-refractivity contribution in [2.24, 2.45) is 0 Å². The van der Waals surface area contributed by atoms with E-state index in [4.69, 9.17) is 11.6 Å². The summed E-state index contributed by atoms with van der Waals surface area (Å²) in [5, 5.41) is -0.0906. The van der Waals surface area contributed by atoms with Gasteiger partial charge in [0.05, 0.1) is 8.68 Å². The molecule has 17 heavy (non-hydrogen) atoms. The molecule has 2 rings (SSSR count). The first-order chi connectivity index (χ1) is 7.90. The summed E-state index contributed by atoms with van der Waals surface area (Å²) in [6, 6.07) is 1.50. The molecule has 1 N–H and O–H groups in total. The molecule has 0 radical (unpaired) electrons. The minimum atomic E-state index is -3.44. The molecule has 1 saturated carbocycles. The van der Waals surface area contributed by atoms with Gasteiger partial charge >= 0.3 is 0 Å². The molecule has 0 aliphatic heterocycles. The monoisotopic (exact) mass is 357 g/mol. The average molecular weight is 359 g/mol. The molecule has 0 bridgehead atoms. The summed E-state index contributed by atoms with van der Waals surface area (Å²) >= 11 is 10.8. The van der Waals surface area contributed by atoms with Crippen LogP contribution in [0.4, 0.5) is 0 Å². The van der Waals surface area contributed by atoms with Crippen LogP contribution in [0.2, 0.25) is 0 Å². The summed E-state index contributed by atoms with van der Waals surface area (Å²) in [6.45, 7) is 1.80. The van der Waals surface area contributed by atoms with Crippen LogP contribution in [0.1, 0.15) is 24.1 Å². The minimum Gasteiger partial charge on any atom is -0.207 e. The number of nitrogens with one attached hydrogen (secondary N) is 1. The van der Waals surface area contributed by atoms with Gasteiger partial charge in [-0.2, -0.15) is 0 Å². The average Bonchev–Trinajstić information content (AvgIpc) is 2.74. The summed E-state index contributed by atoms with van der Waals surface area (Å²) in [5.74, 6) is 0. The van der Waals surface area contributed by atoms with Crippen molar-refractivity contribution in [3.05, 3.63) is 14.7 Å². The molecule has 96 valence electrons. The van der Waals surface area contributed by atoms with Gasteiger partial charge in [-0.1, -0.05) is 6.42 Å². The second-order valence-electron chi connectivity index (χ2n) is 4.15. The van der Waals surface area contributed by atoms with Crippen LogP contribution in [0.5, 0.6) is 0 Å². The minimum absolute atomic E-state index is 0.0906. The van der Waals surface area contributed by atoms with E-state index in [9.17, 15) is 8.42 Å². The lowest BCUT2D eigenvalue weighted by Gasteiger charge is -2.15. The standard InChI is InChI=1S/C10H13BrClNO2S2/c1-6-9(5-10(11)16-6)17(14,15)13-8-4-2-3-7(8)12/h5,7-8,13H,2-4H2,1H3. The smallest absolute Gasteiger partial charge is 0.207 e. The highest BCUT2D eigenvalue weighted by molar-refractivity contribution is 9.11. The molecule has 0 aromatic carbocycles. The van der Waals surface area contributed by atoms with Crippen molar-refractivity contribution in [1.82, 2.24) is 4.72 Å². The fourth-order valence-electron chi connectivity index (χ4n) is 2.01. The number of hydrogen-bond donors (Lipinski definition) is 1. The largest absolute Gasteiger partial charge is 0.242 e. The molecule has 2 unspecified atom stereocenters. The lowest BCUT2D eigenvalue weighted by Crippen LogP contribution is -2.37. The third-order valence-electron chi connectivity index (χ3n) is 2.87. The lowest BCUT2D eigenvalue weighted by molar-refractivity contribution is 0.553. The van der Waals surface area contributed by atoms with Gasteiger partial charge in [-0.3, -0.25) is 0 Å². The number of halogens is 2. The predicted molar refractivity (Wildman–Crippen MR) is 74.4 cm³/mol. The highest BCUT2D eigenvalue weighted by Crippen LogP contribution is 2.31. The zero-order valence-electron chi connectivity index (χ0n) is 9.24. The maximum Gasteiger partial charge on any atom is 0.242 e. The van der Waals surface area contributed by atoms with Crippen LogP contribution < -0.4 is 4.72 Å². The normalized spacial score (nSPS) is 25.4. The van der Waals surface area contributed by atoms with E-state index >= 15 is 0 Å². The number of sulfonamides is 1. The number of thiophene rings is 1. The van der Waals surface area contributed by atoms with Crippen molar-refractivity contribution in [2.45, 2.75) is 42.5 Å². The second-order valence-corrected chi connectivity index (χ2v) is 9.02. The van der Waals surface area contributed by atoms with Crippen molar-refractivity contribution in [2.75, 3.05) is 0 Å². The van der Waals surface area contributed by atoms with Crippen LogP contribution >= 0.6 is 38.9 Å². The van der Waals surface area contributed by atoms with E-state index in [2.05, 4.69) is 20.7 Å². The first-order valence-corrected chi connectivity index (χ1v) is 8.85. The predicted octanol–water partition coefficient (Wildman–Crippen LogP) is 3.26. The highest BCUT2D eigenvalue weighted by Gasteiger charge is 2.31. The van der Waals surface area contributed by atoms with E-state index in [0.717, 1.165) is 27.9 Å². The van der Waals surface area contributed by atoms with Gasteiger partial charge in [0.2, 0.25) is 10.0 Å². The third-order valence-corrected chi connectivity index (χ3v) is 6.69. The Labute approximate surface area is 119 Å². The molecule has 1 aromatic heterocycles. The summed E-state index contributed by atoms with van der Waals surface area (Å²) < 4.78 is 27.9. The number of alkyl halides is 1. The quantitative estimate of drug-likeness (QED) is 0.843. The van der Waals surface area contributed by atoms with E-state index in [0.29, 0.717) is 4.90 Å². The van der Waals surface area contributed by atoms with E-state index < -0.39 is 10.0 Å². The maximum absolute atomic E-state index is 12.2. The Kier molecular flexibility index (Phi) is 4.20. The first-order valence-electron chi connectivity index (χ1n) is 5.32. The van der Waals surface area contributed by atoms with Crippen molar-refractivity contribution < 1.29 is 8.42 Å². The molecular weight excluding hydrogens is 346 g/mol. The Morgan fingerprint density at radius 2 is 2.24 bits per heavy atom. The molecule has 0 saturated heterocycles. The molecule has 1 heterocycles. The van der Waals surface area contributed by atoms with Crippen molar-refractivity contribution in [3.63, 3.8) is 0 Å². The molecule has 2 atom stereocenters. The van der Waals surface area contributed by atoms with Crippen LogP contribution in [0, 0.1) is 6.92 Å². The molecular formula is C10H13BrClNO2S2. The van der Waals surface area contributed by atoms with Crippen molar-refractivity contribution in [1.29, 1.82) is 0 Å². The van der Waals surface area contributed by atoms with Crippen LogP contribution in [0.25, 0.3) is 0 Å². The van der Waals surface area contributed by atoms with E-state index in [1.54, 1.807) is 13.0 Å². The SMILES string of the molecule is Cc1sc(Br)cc1S(=O)(=O)NC1CCCC1Cl. The van der Waals surface area contributed by atoms with Crippen LogP contribution in [-0.2, 0) is 10.0 Å². The topological polar surface area (TPSA) is 46.2 Å². The fraction of sp³-hybridized carbons (Fsp3) is 0.600. The zero-order valence-corrected chi connectivity index (χ0v) is 13.2. The van der Waals surface area contributed by atoms with Gasteiger partial charge < -0.3 is 0 Å². The summed E-state index contributed by atoms with van der Waals surface area (Å²) in [5.41, 5.74) is 0. The van der Waals surface area contributed by atoms with Gasteiger partial charge in [-0.15, -0.1) is 22.9 Å². The van der Waals surface area contributed by atoms with Gasteiger partial charge in [0, 0.05) is 16.3 Å². The second kappa shape index (κ2) is 5.17. The molecule has 0 spiro atoms. The Bertz CT molecular complexity index is 514. The number of rotatable bonds is 3. The van der Waals surface area contributed by atoms with Gasteiger partial charge in [0.1, 0.15) is 0 Å². The van der Waals surface area contributed by atoms with Gasteiger partial charge in [-0.25, -0.2) is 13.1 Å². The Morgan fingerprint density at radius 1 is 1.53 bits per heavy atom. The fourth-order valence-corrected chi connectivity index (χ4v) is 6.15. The molecule has 1 aliphatic rings. The van der Waals surface area contributed by atoms with Crippen molar-refractivity contribution >= 4 is 48.9 Å². The maximum atomic E-state index is 12.2. The molecule has 1 aromatic rings. The van der Waals surface area contributed by atoms with E-state index in [1.807, 2.05) is 0 Å². The third kappa shape index (κ3) is 3.04. The molecule has 0 amide bonds. The van der Waals surface area contributed by atoms with Gasteiger partial charge in [0.15, 0.2) is 0 Å². The Morgan fingerprint density at radius 3 is 2.71 bits per heavy atom. The van der Waals surface area contributed by atoms with E-state index in [1.165, 1.54) is 11.3 Å². The zero-order chi connectivity index (χ0) is 12.6. The summed E-state index contributed by atoms with van der Waals surface area (Å²) in [7, 11) is -3.44. The first kappa shape index (κ1) is 13.8. The van der Waals surface area contributed by atoms with Crippen LogP contribution in [0.3, 0.4) is 0 Å². The summed E-state index contributed by atoms with van der Waals surface area (Å²) in [6.07, 6.45) is 2.67. The Balaban J connectivity index is 2.22.